The highest BCUT2D eigenvalue weighted by Crippen LogP contribution is 2.22. The quantitative estimate of drug-likeness (QED) is 0.507. The molecule has 0 aliphatic heterocycles. The van der Waals surface area contributed by atoms with E-state index in [0.717, 1.165) is 10.6 Å². The number of Topliss-reactive ketones (excluding diaryl/α,β-unsaturated/α-hetero) is 1. The number of hydrogen-bond acceptors (Lipinski definition) is 7. The van der Waals surface area contributed by atoms with Crippen molar-refractivity contribution in [3.05, 3.63) is 58.0 Å². The van der Waals surface area contributed by atoms with Crippen LogP contribution in [0.5, 0.6) is 0 Å². The van der Waals surface area contributed by atoms with Gasteiger partial charge in [0.1, 0.15) is 5.01 Å². The Morgan fingerprint density at radius 3 is 2.83 bits per heavy atom. The van der Waals surface area contributed by atoms with Crippen LogP contribution in [0.15, 0.2) is 47.4 Å². The summed E-state index contributed by atoms with van der Waals surface area (Å²) in [4.78, 5) is 32.6. The van der Waals surface area contributed by atoms with Gasteiger partial charge in [-0.15, -0.1) is 22.7 Å². The first-order valence-corrected chi connectivity index (χ1v) is 8.55. The fourth-order valence-electron chi connectivity index (χ4n) is 1.86. The summed E-state index contributed by atoms with van der Waals surface area (Å²) in [7, 11) is 0. The van der Waals surface area contributed by atoms with Gasteiger partial charge in [0.25, 0.3) is 0 Å². The SMILES string of the molecule is O=C(Cc1csc(-c2cccnc2)n1)OCC(=O)c1cccs1. The third kappa shape index (κ3) is 4.08. The van der Waals surface area contributed by atoms with E-state index in [1.54, 1.807) is 24.5 Å². The number of aromatic nitrogens is 2. The van der Waals surface area contributed by atoms with Gasteiger partial charge in [0.2, 0.25) is 5.78 Å². The first-order valence-electron chi connectivity index (χ1n) is 6.79. The molecule has 3 heterocycles. The van der Waals surface area contributed by atoms with Gasteiger partial charge in [-0.05, 0) is 23.6 Å². The second-order valence-electron chi connectivity index (χ2n) is 4.62. The van der Waals surface area contributed by atoms with Crippen LogP contribution in [-0.2, 0) is 16.0 Å². The zero-order valence-electron chi connectivity index (χ0n) is 12.0. The average Bonchev–Trinajstić information content (AvgIpc) is 3.25. The molecule has 0 saturated heterocycles. The maximum absolute atomic E-state index is 11.8. The largest absolute Gasteiger partial charge is 0.457 e. The Kier molecular flexibility index (Phi) is 4.89. The zero-order chi connectivity index (χ0) is 16.1. The Labute approximate surface area is 140 Å². The van der Waals surface area contributed by atoms with E-state index in [9.17, 15) is 9.59 Å². The first kappa shape index (κ1) is 15.5. The summed E-state index contributed by atoms with van der Waals surface area (Å²) >= 11 is 2.77. The molecule has 0 amide bonds. The van der Waals surface area contributed by atoms with Gasteiger partial charge in [-0.2, -0.15) is 0 Å². The molecule has 0 aromatic carbocycles. The van der Waals surface area contributed by atoms with E-state index < -0.39 is 5.97 Å². The van der Waals surface area contributed by atoms with Crippen molar-refractivity contribution < 1.29 is 14.3 Å². The number of ether oxygens (including phenoxy) is 1. The van der Waals surface area contributed by atoms with Crippen LogP contribution in [0.3, 0.4) is 0 Å². The lowest BCUT2D eigenvalue weighted by Crippen LogP contribution is -2.15. The second kappa shape index (κ2) is 7.26. The van der Waals surface area contributed by atoms with Gasteiger partial charge in [0.15, 0.2) is 6.61 Å². The number of nitrogens with zero attached hydrogens (tertiary/aromatic N) is 2. The molecular formula is C16H12N2O3S2. The summed E-state index contributed by atoms with van der Waals surface area (Å²) < 4.78 is 5.02. The highest BCUT2D eigenvalue weighted by atomic mass is 32.1. The van der Waals surface area contributed by atoms with Gasteiger partial charge in [-0.1, -0.05) is 6.07 Å². The van der Waals surface area contributed by atoms with Gasteiger partial charge in [0, 0.05) is 23.3 Å². The lowest BCUT2D eigenvalue weighted by atomic mass is 10.3. The van der Waals surface area contributed by atoms with Gasteiger partial charge < -0.3 is 4.74 Å². The summed E-state index contributed by atoms with van der Waals surface area (Å²) in [6.45, 7) is -0.237. The summed E-state index contributed by atoms with van der Waals surface area (Å²) in [5.41, 5.74) is 1.53. The van der Waals surface area contributed by atoms with Crippen LogP contribution in [-0.4, -0.2) is 28.3 Å². The monoisotopic (exact) mass is 344 g/mol. The van der Waals surface area contributed by atoms with Crippen LogP contribution in [0, 0.1) is 0 Å². The summed E-state index contributed by atoms with van der Waals surface area (Å²) in [5, 5.41) is 4.42. The number of carbonyl (C=O) groups is 2. The number of ketones is 1. The predicted molar refractivity (Wildman–Crippen MR) is 88.7 cm³/mol. The van der Waals surface area contributed by atoms with Crippen molar-refractivity contribution >= 4 is 34.4 Å². The minimum Gasteiger partial charge on any atom is -0.457 e. The van der Waals surface area contributed by atoms with E-state index >= 15 is 0 Å². The molecule has 0 saturated carbocycles. The standard InChI is InChI=1S/C16H12N2O3S2/c19-13(14-4-2-6-22-14)9-21-15(20)7-12-10-23-16(18-12)11-3-1-5-17-8-11/h1-6,8,10H,7,9H2. The Morgan fingerprint density at radius 1 is 1.17 bits per heavy atom. The summed E-state index contributed by atoms with van der Waals surface area (Å²) in [6.07, 6.45) is 3.47. The predicted octanol–water partition coefficient (Wildman–Crippen LogP) is 3.24. The van der Waals surface area contributed by atoms with E-state index in [0.29, 0.717) is 10.6 Å². The Morgan fingerprint density at radius 2 is 2.09 bits per heavy atom. The molecule has 0 unspecified atom stereocenters. The van der Waals surface area contributed by atoms with Gasteiger partial charge >= 0.3 is 5.97 Å². The van der Waals surface area contributed by atoms with Crippen molar-refractivity contribution in [1.29, 1.82) is 0 Å². The molecule has 0 aliphatic carbocycles. The van der Waals surface area contributed by atoms with Crippen molar-refractivity contribution in [2.75, 3.05) is 6.61 Å². The van der Waals surface area contributed by atoms with E-state index in [-0.39, 0.29) is 18.8 Å². The third-order valence-electron chi connectivity index (χ3n) is 2.95. The number of carbonyl (C=O) groups excluding carboxylic acids is 2. The number of pyridine rings is 1. The molecule has 0 N–H and O–H groups in total. The van der Waals surface area contributed by atoms with E-state index in [1.165, 1.54) is 22.7 Å². The number of esters is 1. The maximum Gasteiger partial charge on any atom is 0.312 e. The van der Waals surface area contributed by atoms with Gasteiger partial charge in [0.05, 0.1) is 17.0 Å². The van der Waals surface area contributed by atoms with Crippen molar-refractivity contribution in [1.82, 2.24) is 9.97 Å². The molecule has 5 nitrogen and oxygen atoms in total. The highest BCUT2D eigenvalue weighted by Gasteiger charge is 2.13. The van der Waals surface area contributed by atoms with Crippen LogP contribution in [0.1, 0.15) is 15.4 Å². The van der Waals surface area contributed by atoms with E-state index in [2.05, 4.69) is 9.97 Å². The molecule has 3 aromatic rings. The fraction of sp³-hybridized carbons (Fsp3) is 0.125. The van der Waals surface area contributed by atoms with Crippen LogP contribution >= 0.6 is 22.7 Å². The first-order chi connectivity index (χ1) is 11.2. The van der Waals surface area contributed by atoms with Crippen molar-refractivity contribution in [3.63, 3.8) is 0 Å². The molecule has 3 rings (SSSR count). The number of thiophene rings is 1. The Balaban J connectivity index is 1.54. The highest BCUT2D eigenvalue weighted by molar-refractivity contribution is 7.13. The normalized spacial score (nSPS) is 10.4. The summed E-state index contributed by atoms with van der Waals surface area (Å²) in [6, 6.07) is 7.24. The smallest absolute Gasteiger partial charge is 0.312 e. The maximum atomic E-state index is 11.8. The molecule has 23 heavy (non-hydrogen) atoms. The van der Waals surface area contributed by atoms with Crippen LogP contribution < -0.4 is 0 Å². The van der Waals surface area contributed by atoms with Crippen molar-refractivity contribution in [2.45, 2.75) is 6.42 Å². The molecule has 116 valence electrons. The Bertz CT molecular complexity index is 798. The van der Waals surface area contributed by atoms with Gasteiger partial charge in [-0.25, -0.2) is 4.98 Å². The van der Waals surface area contributed by atoms with Crippen LogP contribution in [0.2, 0.25) is 0 Å². The minimum absolute atomic E-state index is 0.0501. The molecule has 0 radical (unpaired) electrons. The number of rotatable bonds is 6. The molecule has 0 bridgehead atoms. The molecule has 3 aromatic heterocycles. The Hall–Kier alpha value is -2.38. The number of hydrogen-bond donors (Lipinski definition) is 0. The van der Waals surface area contributed by atoms with Crippen molar-refractivity contribution in [3.8, 4) is 10.6 Å². The topological polar surface area (TPSA) is 69.2 Å². The lowest BCUT2D eigenvalue weighted by molar-refractivity contribution is -0.141. The second-order valence-corrected chi connectivity index (χ2v) is 6.43. The molecule has 0 fully saturated rings. The summed E-state index contributed by atoms with van der Waals surface area (Å²) in [5.74, 6) is -0.652. The number of thiazole rings is 1. The molecule has 7 heteroatoms. The third-order valence-corrected chi connectivity index (χ3v) is 4.80. The molecule has 0 aliphatic rings. The zero-order valence-corrected chi connectivity index (χ0v) is 13.6. The van der Waals surface area contributed by atoms with Crippen LogP contribution in [0.4, 0.5) is 0 Å². The molecule has 0 spiro atoms. The fourth-order valence-corrected chi connectivity index (χ4v) is 3.33. The molecule has 0 atom stereocenters. The van der Waals surface area contributed by atoms with Crippen LogP contribution in [0.25, 0.3) is 10.6 Å². The van der Waals surface area contributed by atoms with E-state index in [1.807, 2.05) is 22.9 Å². The van der Waals surface area contributed by atoms with Gasteiger partial charge in [-0.3, -0.25) is 14.6 Å². The average molecular weight is 344 g/mol. The molecular weight excluding hydrogens is 332 g/mol. The lowest BCUT2D eigenvalue weighted by Gasteiger charge is -2.01. The van der Waals surface area contributed by atoms with Crippen molar-refractivity contribution in [2.24, 2.45) is 0 Å². The minimum atomic E-state index is -0.460. The van der Waals surface area contributed by atoms with E-state index in [4.69, 9.17) is 4.74 Å².